The summed E-state index contributed by atoms with van der Waals surface area (Å²) in [6.45, 7) is 0. The van der Waals surface area contributed by atoms with E-state index in [0.29, 0.717) is 4.91 Å². The Balaban J connectivity index is 2.41. The molecule has 0 atom stereocenters. The van der Waals surface area contributed by atoms with E-state index in [1.807, 2.05) is 30.3 Å². The molecule has 2 N–H and O–H groups in total. The van der Waals surface area contributed by atoms with Crippen molar-refractivity contribution in [3.8, 4) is 0 Å². The summed E-state index contributed by atoms with van der Waals surface area (Å²) >= 11 is 0.934. The van der Waals surface area contributed by atoms with Gasteiger partial charge in [-0.25, -0.2) is 0 Å². The number of hydrogen-bond acceptors (Lipinski definition) is 1. The van der Waals surface area contributed by atoms with Crippen LogP contribution in [0.25, 0.3) is 6.08 Å². The van der Waals surface area contributed by atoms with Crippen LogP contribution >= 0.6 is 11.8 Å². The molecule has 1 radical (unpaired) electrons. The van der Waals surface area contributed by atoms with Crippen LogP contribution in [0.5, 0.6) is 0 Å². The highest BCUT2D eigenvalue weighted by Gasteiger charge is 2.14. The van der Waals surface area contributed by atoms with Gasteiger partial charge in [0.15, 0.2) is 0 Å². The highest BCUT2D eigenvalue weighted by molar-refractivity contribution is 8.04. The second kappa shape index (κ2) is 2.68. The number of hydrogen-bond donors (Lipinski definition) is 2. The van der Waals surface area contributed by atoms with Crippen molar-refractivity contribution >= 4 is 23.7 Å². The molecule has 2 rings (SSSR count). The highest BCUT2D eigenvalue weighted by atomic mass is 32.2. The summed E-state index contributed by atoms with van der Waals surface area (Å²) in [7, 11) is 0. The van der Waals surface area contributed by atoms with Crippen molar-refractivity contribution in [2.45, 2.75) is 4.90 Å². The molecule has 1 heterocycles. The third-order valence-corrected chi connectivity index (χ3v) is 2.96. The van der Waals surface area contributed by atoms with Gasteiger partial charge in [-0.15, -0.1) is 0 Å². The van der Waals surface area contributed by atoms with E-state index in [4.69, 9.17) is 5.73 Å². The minimum absolute atomic E-state index is 0.326. The molecule has 0 saturated carbocycles. The lowest BCUT2D eigenvalue weighted by atomic mass is 10.2. The molecule has 3 heteroatoms. The second-order valence-electron chi connectivity index (χ2n) is 2.56. The van der Waals surface area contributed by atoms with Gasteiger partial charge in [0.25, 0.3) is 5.91 Å². The van der Waals surface area contributed by atoms with Crippen LogP contribution in [-0.2, 0) is 4.79 Å². The molecule has 1 aromatic rings. The van der Waals surface area contributed by atoms with Crippen molar-refractivity contribution in [2.24, 2.45) is 5.73 Å². The topological polar surface area (TPSA) is 43.1 Å². The summed E-state index contributed by atoms with van der Waals surface area (Å²) in [6.07, 6.45) is 1.85. The van der Waals surface area contributed by atoms with E-state index in [1.165, 1.54) is 0 Å². The Hall–Kier alpha value is -1.22. The van der Waals surface area contributed by atoms with Gasteiger partial charge in [-0.3, -0.25) is 4.79 Å². The average Bonchev–Trinajstić information content (AvgIpc) is 2.46. The van der Waals surface area contributed by atoms with E-state index >= 15 is 0 Å². The van der Waals surface area contributed by atoms with Crippen molar-refractivity contribution < 1.29 is 4.79 Å². The molecule has 0 saturated heterocycles. The molecular formula is C9H8NOS. The maximum Gasteiger partial charge on any atom is 0.254 e. The lowest BCUT2D eigenvalue weighted by Crippen LogP contribution is -2.10. The van der Waals surface area contributed by atoms with Crippen molar-refractivity contribution in [3.05, 3.63) is 34.7 Å². The Kier molecular flexibility index (Phi) is 1.66. The standard InChI is InChI=1S/C9H8NOS/c10-9(11)8-5-6-3-1-2-4-7(6)12-8/h1-5,12H,(H2,10,11). The van der Waals surface area contributed by atoms with Crippen molar-refractivity contribution in [2.75, 3.05) is 0 Å². The fourth-order valence-electron chi connectivity index (χ4n) is 1.15. The van der Waals surface area contributed by atoms with Crippen LogP contribution in [0.4, 0.5) is 0 Å². The number of benzene rings is 1. The third kappa shape index (κ3) is 1.12. The maximum absolute atomic E-state index is 10.8. The van der Waals surface area contributed by atoms with E-state index < -0.39 is 0 Å². The first-order valence-corrected chi connectivity index (χ1v) is 4.49. The molecule has 1 aliphatic rings. The molecule has 61 valence electrons. The third-order valence-electron chi connectivity index (χ3n) is 1.72. The van der Waals surface area contributed by atoms with Crippen LogP contribution in [0.1, 0.15) is 5.56 Å². The predicted molar refractivity (Wildman–Crippen MR) is 50.9 cm³/mol. The minimum atomic E-state index is -0.326. The first kappa shape index (κ1) is 7.43. The zero-order chi connectivity index (χ0) is 8.55. The van der Waals surface area contributed by atoms with Crippen LogP contribution < -0.4 is 5.73 Å². The predicted octanol–water partition coefficient (Wildman–Crippen LogP) is 1.35. The quantitative estimate of drug-likeness (QED) is 0.626. The van der Waals surface area contributed by atoms with E-state index in [2.05, 4.69) is 0 Å². The molecule has 0 aromatic heterocycles. The van der Waals surface area contributed by atoms with E-state index in [9.17, 15) is 4.79 Å². The lowest BCUT2D eigenvalue weighted by molar-refractivity contribution is -0.113. The molecule has 2 nitrogen and oxygen atoms in total. The Morgan fingerprint density at radius 2 is 2.08 bits per heavy atom. The van der Waals surface area contributed by atoms with Gasteiger partial charge in [0, 0.05) is 4.90 Å². The molecule has 0 aliphatic carbocycles. The van der Waals surface area contributed by atoms with Crippen molar-refractivity contribution in [1.82, 2.24) is 0 Å². The Morgan fingerprint density at radius 1 is 1.33 bits per heavy atom. The van der Waals surface area contributed by atoms with Crippen LogP contribution in [0.2, 0.25) is 0 Å². The molecule has 0 bridgehead atoms. The van der Waals surface area contributed by atoms with E-state index in [0.717, 1.165) is 22.2 Å². The fourth-order valence-corrected chi connectivity index (χ4v) is 2.15. The summed E-state index contributed by atoms with van der Waals surface area (Å²) in [5.74, 6) is -0.326. The first-order chi connectivity index (χ1) is 5.77. The first-order valence-electron chi connectivity index (χ1n) is 3.59. The van der Waals surface area contributed by atoms with Gasteiger partial charge in [-0.1, -0.05) is 18.2 Å². The Morgan fingerprint density at radius 3 is 2.75 bits per heavy atom. The maximum atomic E-state index is 10.8. The smallest absolute Gasteiger partial charge is 0.254 e. The molecule has 12 heavy (non-hydrogen) atoms. The van der Waals surface area contributed by atoms with Gasteiger partial charge in [-0.2, -0.15) is 11.8 Å². The second-order valence-corrected chi connectivity index (χ2v) is 3.75. The van der Waals surface area contributed by atoms with E-state index in [1.54, 1.807) is 0 Å². The highest BCUT2D eigenvalue weighted by Crippen LogP contribution is 2.37. The summed E-state index contributed by atoms with van der Waals surface area (Å²) in [5.41, 5.74) is 6.27. The fraction of sp³-hybridized carbons (Fsp3) is 0. The summed E-state index contributed by atoms with van der Waals surface area (Å²) in [5, 5.41) is 0. The Bertz CT molecular complexity index is 371. The lowest BCUT2D eigenvalue weighted by Gasteiger charge is -1.96. The molecule has 0 unspecified atom stereocenters. The summed E-state index contributed by atoms with van der Waals surface area (Å²) in [6, 6.07) is 7.90. The zero-order valence-corrected chi connectivity index (χ0v) is 7.21. The zero-order valence-electron chi connectivity index (χ0n) is 6.32. The van der Waals surface area contributed by atoms with Crippen LogP contribution in [0.3, 0.4) is 0 Å². The number of amides is 1. The minimum Gasteiger partial charge on any atom is -0.365 e. The van der Waals surface area contributed by atoms with Gasteiger partial charge in [-0.05, 0) is 17.7 Å². The molecule has 1 amide bonds. The number of carbonyl (C=O) groups is 1. The van der Waals surface area contributed by atoms with Gasteiger partial charge in [0.05, 0.1) is 4.91 Å². The number of primary amides is 1. The largest absolute Gasteiger partial charge is 0.365 e. The van der Waals surface area contributed by atoms with E-state index in [-0.39, 0.29) is 5.91 Å². The number of nitrogens with two attached hydrogens (primary N) is 1. The van der Waals surface area contributed by atoms with Crippen molar-refractivity contribution in [3.63, 3.8) is 0 Å². The number of fused-ring (bicyclic) bond motifs is 1. The molecule has 1 aromatic carbocycles. The van der Waals surface area contributed by atoms with Gasteiger partial charge < -0.3 is 5.73 Å². The van der Waals surface area contributed by atoms with Crippen LogP contribution in [0, 0.1) is 0 Å². The van der Waals surface area contributed by atoms with Gasteiger partial charge in [0.1, 0.15) is 0 Å². The summed E-state index contributed by atoms with van der Waals surface area (Å²) in [4.78, 5) is 12.7. The van der Waals surface area contributed by atoms with Gasteiger partial charge in [0.2, 0.25) is 0 Å². The molecular weight excluding hydrogens is 170 g/mol. The SMILES string of the molecule is NC(=O)C1=Cc2ccccc2[SH]1. The Labute approximate surface area is 74.5 Å². The number of carbonyl (C=O) groups excluding carboxylic acids is 1. The summed E-state index contributed by atoms with van der Waals surface area (Å²) < 4.78 is 0. The molecule has 0 fully saturated rings. The average molecular weight is 178 g/mol. The number of rotatable bonds is 1. The normalized spacial score (nSPS) is 13.8. The van der Waals surface area contributed by atoms with Crippen molar-refractivity contribution in [1.29, 1.82) is 0 Å². The van der Waals surface area contributed by atoms with Crippen LogP contribution in [0.15, 0.2) is 34.1 Å². The molecule has 1 aliphatic heterocycles. The molecule has 0 spiro atoms. The van der Waals surface area contributed by atoms with Gasteiger partial charge >= 0.3 is 0 Å². The monoisotopic (exact) mass is 178 g/mol. The van der Waals surface area contributed by atoms with Crippen LogP contribution in [-0.4, -0.2) is 5.91 Å². The number of thiol groups is 1.